The van der Waals surface area contributed by atoms with Gasteiger partial charge < -0.3 is 15.2 Å². The number of fused-ring (bicyclic) bond motifs is 1. The van der Waals surface area contributed by atoms with Gasteiger partial charge in [-0.1, -0.05) is 0 Å². The SMILES string of the molecule is Cc1ccc(-c2cc3c(=O)n([C@@H](C)C(=O)N[C@@H]4COC[C@H]4O)cnc3c(-c3cccnc3)n2)cn1. The molecule has 1 aliphatic rings. The Labute approximate surface area is 200 Å². The Morgan fingerprint density at radius 1 is 1.20 bits per heavy atom. The first-order valence-corrected chi connectivity index (χ1v) is 11.2. The molecule has 1 amide bonds. The predicted octanol–water partition coefficient (Wildman–Crippen LogP) is 1.66. The van der Waals surface area contributed by atoms with Crippen molar-refractivity contribution in [1.82, 2.24) is 29.8 Å². The minimum absolute atomic E-state index is 0.164. The third-order valence-corrected chi connectivity index (χ3v) is 6.09. The predicted molar refractivity (Wildman–Crippen MR) is 128 cm³/mol. The van der Waals surface area contributed by atoms with Crippen molar-refractivity contribution in [2.24, 2.45) is 0 Å². The van der Waals surface area contributed by atoms with Crippen LogP contribution in [-0.4, -0.2) is 60.9 Å². The maximum absolute atomic E-state index is 13.6. The Kier molecular flexibility index (Phi) is 6.06. The number of rotatable bonds is 5. The van der Waals surface area contributed by atoms with Gasteiger partial charge in [0.05, 0.1) is 48.5 Å². The van der Waals surface area contributed by atoms with Crippen molar-refractivity contribution in [3.05, 3.63) is 71.3 Å². The summed E-state index contributed by atoms with van der Waals surface area (Å²) in [6.07, 6.45) is 5.60. The molecule has 1 fully saturated rings. The lowest BCUT2D eigenvalue weighted by Gasteiger charge is -2.20. The fraction of sp³-hybridized carbons (Fsp3) is 0.280. The van der Waals surface area contributed by atoms with Gasteiger partial charge in [-0.2, -0.15) is 0 Å². The third kappa shape index (κ3) is 4.41. The van der Waals surface area contributed by atoms with Crippen LogP contribution in [0.1, 0.15) is 18.7 Å². The summed E-state index contributed by atoms with van der Waals surface area (Å²) in [4.78, 5) is 44.3. The topological polar surface area (TPSA) is 132 Å². The number of pyridine rings is 3. The van der Waals surface area contributed by atoms with Crippen LogP contribution in [0, 0.1) is 6.92 Å². The zero-order chi connectivity index (χ0) is 24.5. The highest BCUT2D eigenvalue weighted by Gasteiger charge is 2.30. The van der Waals surface area contributed by atoms with E-state index in [9.17, 15) is 14.7 Å². The van der Waals surface area contributed by atoms with Gasteiger partial charge in [-0.05, 0) is 44.2 Å². The Morgan fingerprint density at radius 2 is 2.06 bits per heavy atom. The smallest absolute Gasteiger partial charge is 0.262 e. The van der Waals surface area contributed by atoms with Crippen molar-refractivity contribution in [2.75, 3.05) is 13.2 Å². The molecule has 1 aliphatic heterocycles. The van der Waals surface area contributed by atoms with Gasteiger partial charge in [-0.15, -0.1) is 0 Å². The van der Waals surface area contributed by atoms with Crippen LogP contribution in [0.5, 0.6) is 0 Å². The molecule has 0 saturated carbocycles. The van der Waals surface area contributed by atoms with Crippen LogP contribution >= 0.6 is 0 Å². The zero-order valence-corrected chi connectivity index (χ0v) is 19.3. The normalized spacial score (nSPS) is 18.5. The van der Waals surface area contributed by atoms with Crippen LogP contribution in [0.4, 0.5) is 0 Å². The van der Waals surface area contributed by atoms with Gasteiger partial charge in [-0.3, -0.25) is 24.1 Å². The fourth-order valence-electron chi connectivity index (χ4n) is 4.00. The van der Waals surface area contributed by atoms with Crippen molar-refractivity contribution < 1.29 is 14.6 Å². The van der Waals surface area contributed by atoms with Gasteiger partial charge >= 0.3 is 0 Å². The molecule has 2 N–H and O–H groups in total. The minimum atomic E-state index is -0.855. The van der Waals surface area contributed by atoms with Gasteiger partial charge in [0, 0.05) is 35.4 Å². The van der Waals surface area contributed by atoms with E-state index in [0.717, 1.165) is 11.3 Å². The summed E-state index contributed by atoms with van der Waals surface area (Å²) in [5, 5.41) is 13.0. The molecule has 10 nitrogen and oxygen atoms in total. The number of carbonyl (C=O) groups excluding carboxylic acids is 1. The standard InChI is InChI=1S/C25H24N6O4/c1-14-5-6-16(10-27-14)19-8-18-23(22(29-19)17-4-3-7-26-9-17)28-13-31(25(18)34)15(2)24(33)30-20-11-35-12-21(20)32/h3-10,13,15,20-21,32H,11-12H2,1-2H3,(H,30,33)/t15-,20+,21+/m0/s1. The van der Waals surface area contributed by atoms with Crippen molar-refractivity contribution >= 4 is 16.8 Å². The number of aromatic nitrogens is 5. The molecule has 0 aliphatic carbocycles. The second-order valence-electron chi connectivity index (χ2n) is 8.54. The number of carbonyl (C=O) groups is 1. The molecule has 0 spiro atoms. The second-order valence-corrected chi connectivity index (χ2v) is 8.54. The van der Waals surface area contributed by atoms with E-state index in [2.05, 4.69) is 20.3 Å². The van der Waals surface area contributed by atoms with Gasteiger partial charge in [0.1, 0.15) is 11.6 Å². The van der Waals surface area contributed by atoms with Crippen LogP contribution in [-0.2, 0) is 9.53 Å². The van der Waals surface area contributed by atoms with E-state index in [1.54, 1.807) is 37.6 Å². The first-order valence-electron chi connectivity index (χ1n) is 11.2. The molecular formula is C25H24N6O4. The zero-order valence-electron chi connectivity index (χ0n) is 19.3. The minimum Gasteiger partial charge on any atom is -0.388 e. The summed E-state index contributed by atoms with van der Waals surface area (Å²) < 4.78 is 6.47. The largest absolute Gasteiger partial charge is 0.388 e. The molecule has 0 radical (unpaired) electrons. The van der Waals surface area contributed by atoms with Gasteiger partial charge in [-0.25, -0.2) is 9.97 Å². The summed E-state index contributed by atoms with van der Waals surface area (Å²) in [6.45, 7) is 3.89. The summed E-state index contributed by atoms with van der Waals surface area (Å²) >= 11 is 0. The third-order valence-electron chi connectivity index (χ3n) is 6.09. The van der Waals surface area contributed by atoms with Gasteiger partial charge in [0.2, 0.25) is 5.91 Å². The molecule has 0 aromatic carbocycles. The van der Waals surface area contributed by atoms with Crippen molar-refractivity contribution in [3.63, 3.8) is 0 Å². The van der Waals surface area contributed by atoms with Gasteiger partial charge in [0.25, 0.3) is 5.56 Å². The summed E-state index contributed by atoms with van der Waals surface area (Å²) in [5.74, 6) is -0.410. The molecule has 178 valence electrons. The summed E-state index contributed by atoms with van der Waals surface area (Å²) in [7, 11) is 0. The number of aliphatic hydroxyl groups is 1. The van der Waals surface area contributed by atoms with Crippen LogP contribution in [0.2, 0.25) is 0 Å². The quantitative estimate of drug-likeness (QED) is 0.448. The number of hydrogen-bond acceptors (Lipinski definition) is 8. The molecule has 0 unspecified atom stereocenters. The van der Waals surface area contributed by atoms with E-state index in [-0.39, 0.29) is 18.8 Å². The van der Waals surface area contributed by atoms with Crippen molar-refractivity contribution in [2.45, 2.75) is 32.0 Å². The summed E-state index contributed by atoms with van der Waals surface area (Å²) in [6, 6.07) is 7.71. The highest BCUT2D eigenvalue weighted by Crippen LogP contribution is 2.28. The number of nitrogens with zero attached hydrogens (tertiary/aromatic N) is 5. The van der Waals surface area contributed by atoms with Crippen LogP contribution in [0.25, 0.3) is 33.4 Å². The van der Waals surface area contributed by atoms with Gasteiger partial charge in [0.15, 0.2) is 0 Å². The molecule has 4 aromatic heterocycles. The summed E-state index contributed by atoms with van der Waals surface area (Å²) in [5.41, 5.74) is 3.43. The average molecular weight is 473 g/mol. The van der Waals surface area contributed by atoms with Crippen LogP contribution in [0.3, 0.4) is 0 Å². The highest BCUT2D eigenvalue weighted by molar-refractivity contribution is 5.93. The lowest BCUT2D eigenvalue weighted by atomic mass is 10.1. The first kappa shape index (κ1) is 22.8. The van der Waals surface area contributed by atoms with E-state index in [0.29, 0.717) is 27.9 Å². The van der Waals surface area contributed by atoms with Crippen molar-refractivity contribution in [1.29, 1.82) is 0 Å². The van der Waals surface area contributed by atoms with Crippen molar-refractivity contribution in [3.8, 4) is 22.5 Å². The lowest BCUT2D eigenvalue weighted by Crippen LogP contribution is -2.46. The number of nitrogens with one attached hydrogen (secondary N) is 1. The molecular weight excluding hydrogens is 448 g/mol. The Bertz CT molecular complexity index is 1440. The van der Waals surface area contributed by atoms with E-state index in [1.165, 1.54) is 10.9 Å². The Hall–Kier alpha value is -4.02. The molecule has 10 heteroatoms. The lowest BCUT2D eigenvalue weighted by molar-refractivity contribution is -0.125. The monoisotopic (exact) mass is 472 g/mol. The van der Waals surface area contributed by atoms with Crippen LogP contribution < -0.4 is 10.9 Å². The van der Waals surface area contributed by atoms with E-state index in [4.69, 9.17) is 9.72 Å². The van der Waals surface area contributed by atoms with E-state index >= 15 is 0 Å². The number of aliphatic hydroxyl groups excluding tert-OH is 1. The highest BCUT2D eigenvalue weighted by atomic mass is 16.5. The van der Waals surface area contributed by atoms with E-state index in [1.807, 2.05) is 25.1 Å². The fourth-order valence-corrected chi connectivity index (χ4v) is 4.00. The van der Waals surface area contributed by atoms with Crippen LogP contribution in [0.15, 0.2) is 60.0 Å². The first-order chi connectivity index (χ1) is 16.9. The second kappa shape index (κ2) is 9.32. The number of ether oxygens (including phenoxy) is 1. The molecule has 0 bridgehead atoms. The molecule has 4 aromatic rings. The van der Waals surface area contributed by atoms with E-state index < -0.39 is 24.1 Å². The Balaban J connectivity index is 1.62. The number of aryl methyl sites for hydroxylation is 1. The Morgan fingerprint density at radius 3 is 2.74 bits per heavy atom. The average Bonchev–Trinajstić information content (AvgIpc) is 3.28. The maximum atomic E-state index is 13.6. The maximum Gasteiger partial charge on any atom is 0.262 e. The molecule has 1 saturated heterocycles. The molecule has 35 heavy (non-hydrogen) atoms. The molecule has 5 rings (SSSR count). The molecule has 3 atom stereocenters. The number of hydrogen-bond donors (Lipinski definition) is 2. The molecule has 5 heterocycles. The number of amides is 1.